The largest absolute Gasteiger partial charge is 0.366 e. The number of carbonyl (C=O) groups is 1. The first kappa shape index (κ1) is 16.8. The van der Waals surface area contributed by atoms with Crippen molar-refractivity contribution in [2.45, 2.75) is 70.9 Å². The fourth-order valence-corrected chi connectivity index (χ4v) is 2.52. The van der Waals surface area contributed by atoms with Crippen molar-refractivity contribution in [1.29, 1.82) is 0 Å². The van der Waals surface area contributed by atoms with Crippen molar-refractivity contribution in [2.75, 3.05) is 13.2 Å². The zero-order valence-corrected chi connectivity index (χ0v) is 13.5. The van der Waals surface area contributed by atoms with Gasteiger partial charge in [-0.25, -0.2) is 0 Å². The maximum absolute atomic E-state index is 12.6. The second-order valence-corrected chi connectivity index (χ2v) is 6.28. The minimum absolute atomic E-state index is 0.0946. The van der Waals surface area contributed by atoms with Crippen LogP contribution in [0.3, 0.4) is 0 Å². The molecule has 2 rings (SSSR count). The van der Waals surface area contributed by atoms with Gasteiger partial charge in [-0.1, -0.05) is 20.8 Å². The van der Waals surface area contributed by atoms with E-state index in [-0.39, 0.29) is 19.0 Å². The topological polar surface area (TPSA) is 74.2 Å². The lowest BCUT2D eigenvalue weighted by molar-refractivity contribution is -0.297. The van der Waals surface area contributed by atoms with E-state index in [2.05, 4.69) is 0 Å². The molecule has 5 atom stereocenters. The number of ketones is 1. The summed E-state index contributed by atoms with van der Waals surface area (Å²) >= 11 is 0. The quantitative estimate of drug-likeness (QED) is 0.795. The third kappa shape index (κ3) is 3.14. The molecular formula is C15H26O6. The first-order chi connectivity index (χ1) is 9.67. The highest BCUT2D eigenvalue weighted by Gasteiger charge is 2.58. The lowest BCUT2D eigenvalue weighted by atomic mass is 9.91. The molecule has 0 aromatic rings. The van der Waals surface area contributed by atoms with Crippen LogP contribution in [0, 0.1) is 5.92 Å². The molecule has 0 aromatic heterocycles. The number of hydrogen-bond acceptors (Lipinski definition) is 6. The zero-order valence-electron chi connectivity index (χ0n) is 13.5. The fourth-order valence-electron chi connectivity index (χ4n) is 2.52. The van der Waals surface area contributed by atoms with E-state index in [1.54, 1.807) is 20.8 Å². The predicted molar refractivity (Wildman–Crippen MR) is 74.4 cm³/mol. The molecule has 2 heterocycles. The molecule has 6 heteroatoms. The molecule has 6 nitrogen and oxygen atoms in total. The number of hydrogen-bond donors (Lipinski definition) is 1. The first-order valence-corrected chi connectivity index (χ1v) is 7.59. The number of Topliss-reactive ketones (excluding diaryl/α,β-unsaturated/α-hetero) is 1. The molecule has 1 N–H and O–H groups in total. The number of carbonyl (C=O) groups excluding carboxylic acids is 1. The van der Waals surface area contributed by atoms with Crippen LogP contribution < -0.4 is 0 Å². The molecule has 0 bridgehead atoms. The molecule has 0 saturated carbocycles. The van der Waals surface area contributed by atoms with E-state index in [1.807, 2.05) is 13.8 Å². The van der Waals surface area contributed by atoms with Crippen LogP contribution in [0.2, 0.25) is 0 Å². The highest BCUT2D eigenvalue weighted by Crippen LogP contribution is 2.40. The molecule has 1 spiro atoms. The molecular weight excluding hydrogens is 276 g/mol. The number of ether oxygens (including phenoxy) is 4. The van der Waals surface area contributed by atoms with Crippen molar-refractivity contribution in [3.05, 3.63) is 0 Å². The SMILES string of the molecule is CCC(C)(O)O[C@@H]1CO[C@]2(COC(C)(CC)O2)C(=O)[C@@H]1C. The van der Waals surface area contributed by atoms with Crippen LogP contribution in [-0.2, 0) is 23.7 Å². The van der Waals surface area contributed by atoms with Crippen LogP contribution in [0.1, 0.15) is 47.5 Å². The summed E-state index contributed by atoms with van der Waals surface area (Å²) in [4.78, 5) is 12.6. The van der Waals surface area contributed by atoms with Crippen LogP contribution >= 0.6 is 0 Å². The van der Waals surface area contributed by atoms with Crippen LogP contribution in [0.4, 0.5) is 0 Å². The van der Waals surface area contributed by atoms with Crippen molar-refractivity contribution in [3.8, 4) is 0 Å². The Hall–Kier alpha value is -0.530. The molecule has 2 saturated heterocycles. The highest BCUT2D eigenvalue weighted by atomic mass is 16.8. The Morgan fingerprint density at radius 3 is 2.62 bits per heavy atom. The van der Waals surface area contributed by atoms with Gasteiger partial charge in [-0.15, -0.1) is 0 Å². The van der Waals surface area contributed by atoms with Crippen LogP contribution in [0.5, 0.6) is 0 Å². The van der Waals surface area contributed by atoms with Crippen molar-refractivity contribution in [2.24, 2.45) is 5.92 Å². The summed E-state index contributed by atoms with van der Waals surface area (Å²) in [5, 5.41) is 10.0. The van der Waals surface area contributed by atoms with E-state index in [9.17, 15) is 9.90 Å². The normalized spacial score (nSPS) is 43.2. The number of aliphatic hydroxyl groups is 1. The standard InChI is InChI=1S/C15H26O6/c1-6-13(4,17)20-11-8-18-15(12(16)10(11)3)9-19-14(5,7-2)21-15/h10-11,17H,6-9H2,1-5H3/t10-,11-,13?,14?,15+/m1/s1. The van der Waals surface area contributed by atoms with E-state index in [0.29, 0.717) is 12.8 Å². The van der Waals surface area contributed by atoms with Gasteiger partial charge in [0.2, 0.25) is 0 Å². The van der Waals surface area contributed by atoms with Gasteiger partial charge in [0, 0.05) is 5.92 Å². The van der Waals surface area contributed by atoms with E-state index < -0.39 is 29.4 Å². The van der Waals surface area contributed by atoms with Gasteiger partial charge in [0.05, 0.1) is 12.7 Å². The Balaban J connectivity index is 2.09. The van der Waals surface area contributed by atoms with Crippen molar-refractivity contribution in [1.82, 2.24) is 0 Å². The van der Waals surface area contributed by atoms with Crippen molar-refractivity contribution < 1.29 is 28.8 Å². The van der Waals surface area contributed by atoms with Crippen LogP contribution in [0.15, 0.2) is 0 Å². The fraction of sp³-hybridized carbons (Fsp3) is 0.933. The minimum atomic E-state index is -1.33. The molecule has 21 heavy (non-hydrogen) atoms. The zero-order chi connectivity index (χ0) is 15.9. The van der Waals surface area contributed by atoms with Gasteiger partial charge in [0.1, 0.15) is 6.61 Å². The maximum atomic E-state index is 12.6. The molecule has 0 aromatic carbocycles. The van der Waals surface area contributed by atoms with Crippen molar-refractivity contribution >= 4 is 5.78 Å². The predicted octanol–water partition coefficient (Wildman–Crippen LogP) is 1.59. The maximum Gasteiger partial charge on any atom is 0.256 e. The van der Waals surface area contributed by atoms with E-state index in [4.69, 9.17) is 18.9 Å². The average molecular weight is 302 g/mol. The monoisotopic (exact) mass is 302 g/mol. The smallest absolute Gasteiger partial charge is 0.256 e. The van der Waals surface area contributed by atoms with E-state index in [1.165, 1.54) is 0 Å². The van der Waals surface area contributed by atoms with Gasteiger partial charge < -0.3 is 24.1 Å². The van der Waals surface area contributed by atoms with E-state index >= 15 is 0 Å². The second-order valence-electron chi connectivity index (χ2n) is 6.28. The third-order valence-electron chi connectivity index (χ3n) is 4.48. The van der Waals surface area contributed by atoms with Crippen LogP contribution in [0.25, 0.3) is 0 Å². The van der Waals surface area contributed by atoms with Gasteiger partial charge >= 0.3 is 0 Å². The Labute approximate surface area is 125 Å². The summed E-state index contributed by atoms with van der Waals surface area (Å²) in [6.07, 6.45) is 0.572. The van der Waals surface area contributed by atoms with Crippen molar-refractivity contribution in [3.63, 3.8) is 0 Å². The molecule has 2 aliphatic rings. The Morgan fingerprint density at radius 2 is 2.10 bits per heavy atom. The molecule has 2 unspecified atom stereocenters. The van der Waals surface area contributed by atoms with Gasteiger partial charge in [0.25, 0.3) is 5.79 Å². The molecule has 2 aliphatic heterocycles. The number of rotatable bonds is 4. The minimum Gasteiger partial charge on any atom is -0.366 e. The van der Waals surface area contributed by atoms with Crippen LogP contribution in [-0.4, -0.2) is 47.6 Å². The molecule has 0 amide bonds. The summed E-state index contributed by atoms with van der Waals surface area (Å²) in [6.45, 7) is 9.18. The van der Waals surface area contributed by atoms with Gasteiger partial charge in [-0.3, -0.25) is 4.79 Å². The lowest BCUT2D eigenvalue weighted by Gasteiger charge is -2.41. The lowest BCUT2D eigenvalue weighted by Crippen LogP contribution is -2.58. The summed E-state index contributed by atoms with van der Waals surface area (Å²) in [5.41, 5.74) is 0. The van der Waals surface area contributed by atoms with Gasteiger partial charge in [-0.05, 0) is 26.7 Å². The molecule has 2 fully saturated rings. The highest BCUT2D eigenvalue weighted by molar-refractivity contribution is 5.89. The summed E-state index contributed by atoms with van der Waals surface area (Å²) in [5.74, 6) is -4.01. The Morgan fingerprint density at radius 1 is 1.43 bits per heavy atom. The summed E-state index contributed by atoms with van der Waals surface area (Å²) < 4.78 is 22.7. The van der Waals surface area contributed by atoms with Gasteiger partial charge in [-0.2, -0.15) is 0 Å². The van der Waals surface area contributed by atoms with E-state index in [0.717, 1.165) is 0 Å². The third-order valence-corrected chi connectivity index (χ3v) is 4.48. The Kier molecular flexibility index (Phi) is 4.48. The summed E-state index contributed by atoms with van der Waals surface area (Å²) in [6, 6.07) is 0. The Bertz CT molecular complexity index is 409. The van der Waals surface area contributed by atoms with Gasteiger partial charge in [0.15, 0.2) is 17.4 Å². The molecule has 0 radical (unpaired) electrons. The second kappa shape index (κ2) is 5.59. The average Bonchev–Trinajstić information content (AvgIpc) is 2.80. The molecule has 122 valence electrons. The summed E-state index contributed by atoms with van der Waals surface area (Å²) in [7, 11) is 0. The first-order valence-electron chi connectivity index (χ1n) is 7.59. The molecule has 0 aliphatic carbocycles.